The molecule has 4 heterocycles. The van der Waals surface area contributed by atoms with Gasteiger partial charge in [0.1, 0.15) is 6.61 Å². The van der Waals surface area contributed by atoms with Crippen LogP contribution < -0.4 is 10.2 Å². The number of nitrogens with one attached hydrogen (secondary N) is 2. The molecule has 1 saturated heterocycles. The van der Waals surface area contributed by atoms with Crippen LogP contribution in [0.1, 0.15) is 20.9 Å². The highest BCUT2D eigenvalue weighted by Crippen LogP contribution is 2.35. The van der Waals surface area contributed by atoms with Gasteiger partial charge in [-0.2, -0.15) is 5.10 Å². The van der Waals surface area contributed by atoms with Gasteiger partial charge in [-0.1, -0.05) is 23.7 Å². The summed E-state index contributed by atoms with van der Waals surface area (Å²) in [5, 5.41) is 31.0. The maximum Gasteiger partial charge on any atom is 0.289 e. The fourth-order valence-electron chi connectivity index (χ4n) is 3.77. The molecular weight excluding hydrogens is 464 g/mol. The average molecular weight is 483 g/mol. The predicted octanol–water partition coefficient (Wildman–Crippen LogP) is 4.23. The maximum atomic E-state index is 12.6. The Bertz CT molecular complexity index is 1400. The van der Waals surface area contributed by atoms with Crippen molar-refractivity contribution in [3.05, 3.63) is 63.1 Å². The van der Waals surface area contributed by atoms with Crippen LogP contribution in [0.2, 0.25) is 4.34 Å². The molecule has 0 unspecified atom stereocenters. The number of aryl methyl sites for hydroxylation is 1. The number of benzene rings is 1. The highest BCUT2D eigenvalue weighted by Gasteiger charge is 2.22. The Morgan fingerprint density at radius 1 is 1.33 bits per heavy atom. The monoisotopic (exact) mass is 482 g/mol. The lowest BCUT2D eigenvalue weighted by molar-refractivity contribution is 0.103. The van der Waals surface area contributed by atoms with E-state index in [2.05, 4.69) is 15.5 Å². The van der Waals surface area contributed by atoms with Crippen LogP contribution in [-0.4, -0.2) is 45.0 Å². The van der Waals surface area contributed by atoms with Crippen molar-refractivity contribution in [2.45, 2.75) is 13.5 Å². The van der Waals surface area contributed by atoms with Crippen LogP contribution in [-0.2, 0) is 11.3 Å². The summed E-state index contributed by atoms with van der Waals surface area (Å²) in [6, 6.07) is 11.1. The van der Waals surface area contributed by atoms with E-state index >= 15 is 0 Å². The first-order valence-corrected chi connectivity index (χ1v) is 11.3. The number of amidine groups is 1. The molecule has 1 aromatic carbocycles. The number of carbonyl (C=O) groups excluding carboxylic acids is 1. The average Bonchev–Trinajstić information content (AvgIpc) is 3.50. The number of carbonyl (C=O) groups is 1. The molecule has 0 radical (unpaired) electrons. The third-order valence-corrected chi connectivity index (χ3v) is 6.61. The van der Waals surface area contributed by atoms with Crippen molar-refractivity contribution in [3.8, 4) is 5.88 Å². The summed E-state index contributed by atoms with van der Waals surface area (Å²) in [5.74, 6) is -0.218. The van der Waals surface area contributed by atoms with Crippen LogP contribution in [0, 0.1) is 12.3 Å². The summed E-state index contributed by atoms with van der Waals surface area (Å²) in [6.07, 6.45) is 1.79. The molecule has 5 rings (SSSR count). The van der Waals surface area contributed by atoms with Crippen LogP contribution in [0.4, 0.5) is 11.5 Å². The second kappa shape index (κ2) is 8.38. The van der Waals surface area contributed by atoms with Crippen molar-refractivity contribution >= 4 is 57.1 Å². The number of aromatic nitrogens is 3. The van der Waals surface area contributed by atoms with Crippen LogP contribution in [0.5, 0.6) is 5.88 Å². The van der Waals surface area contributed by atoms with Gasteiger partial charge in [-0.15, -0.1) is 16.4 Å². The van der Waals surface area contributed by atoms with Crippen molar-refractivity contribution in [2.24, 2.45) is 0 Å². The molecular formula is C22H19ClN6O3S. The Hall–Kier alpha value is -3.63. The summed E-state index contributed by atoms with van der Waals surface area (Å²) in [5.41, 5.74) is 2.42. The van der Waals surface area contributed by atoms with Crippen LogP contribution >= 0.6 is 22.9 Å². The number of hydrogen-bond donors (Lipinski definition) is 3. The van der Waals surface area contributed by atoms with E-state index in [4.69, 9.17) is 21.7 Å². The van der Waals surface area contributed by atoms with Gasteiger partial charge in [0.05, 0.1) is 33.4 Å². The predicted molar refractivity (Wildman–Crippen MR) is 128 cm³/mol. The van der Waals surface area contributed by atoms with Crippen LogP contribution in [0.25, 0.3) is 10.8 Å². The Labute approximate surface area is 197 Å². The fraction of sp³-hybridized carbons (Fsp3) is 0.182. The van der Waals surface area contributed by atoms with E-state index in [9.17, 15) is 9.90 Å². The summed E-state index contributed by atoms with van der Waals surface area (Å²) < 4.78 is 7.43. The molecule has 168 valence electrons. The minimum absolute atomic E-state index is 0.0230. The van der Waals surface area contributed by atoms with Crippen molar-refractivity contribution in [2.75, 3.05) is 23.4 Å². The number of thiophene rings is 1. The number of nitrogens with zero attached hydrogens (tertiary/aromatic N) is 4. The van der Waals surface area contributed by atoms with Crippen molar-refractivity contribution in [1.82, 2.24) is 14.8 Å². The molecule has 0 bridgehead atoms. The normalized spacial score (nSPS) is 13.5. The van der Waals surface area contributed by atoms with Crippen molar-refractivity contribution in [3.63, 3.8) is 0 Å². The smallest absolute Gasteiger partial charge is 0.289 e. The molecule has 0 spiro atoms. The zero-order valence-corrected chi connectivity index (χ0v) is 19.1. The number of fused-ring (bicyclic) bond motifs is 1. The molecule has 4 aromatic rings. The molecule has 11 heteroatoms. The van der Waals surface area contributed by atoms with Gasteiger partial charge in [-0.25, -0.2) is 0 Å². The molecule has 1 aliphatic heterocycles. The number of hydrogen-bond acceptors (Lipinski definition) is 7. The molecule has 0 saturated carbocycles. The zero-order valence-electron chi connectivity index (χ0n) is 17.5. The van der Waals surface area contributed by atoms with Crippen LogP contribution in [0.3, 0.4) is 0 Å². The van der Waals surface area contributed by atoms with E-state index in [1.165, 1.54) is 0 Å². The van der Waals surface area contributed by atoms with Crippen LogP contribution in [0.15, 0.2) is 42.6 Å². The highest BCUT2D eigenvalue weighted by atomic mass is 35.5. The van der Waals surface area contributed by atoms with Gasteiger partial charge in [0.25, 0.3) is 11.9 Å². The SMILES string of the molecule is Cc1nnc(NC(=O)c2ccc(Cl)s2)c2c(O)n(Cc3cccc(N4CCOC4=N)c3)cc12. The summed E-state index contributed by atoms with van der Waals surface area (Å²) in [6.45, 7) is 3.28. The van der Waals surface area contributed by atoms with Gasteiger partial charge in [-0.05, 0) is 36.8 Å². The second-order valence-electron chi connectivity index (χ2n) is 7.54. The number of aromatic hydroxyl groups is 1. The second-order valence-corrected chi connectivity index (χ2v) is 9.25. The van der Waals surface area contributed by atoms with Gasteiger partial charge in [0, 0.05) is 17.3 Å². The van der Waals surface area contributed by atoms with Gasteiger partial charge in [-0.3, -0.25) is 15.1 Å². The number of halogens is 1. The molecule has 0 atom stereocenters. The first-order chi connectivity index (χ1) is 15.9. The number of ether oxygens (including phenoxy) is 1. The quantitative estimate of drug-likeness (QED) is 0.392. The molecule has 0 aliphatic carbocycles. The lowest BCUT2D eigenvalue weighted by Gasteiger charge is -2.16. The first kappa shape index (κ1) is 21.2. The third kappa shape index (κ3) is 3.98. The third-order valence-electron chi connectivity index (χ3n) is 5.38. The maximum absolute atomic E-state index is 12.6. The summed E-state index contributed by atoms with van der Waals surface area (Å²) in [7, 11) is 0. The molecule has 1 aliphatic rings. The van der Waals surface area contributed by atoms with E-state index in [1.807, 2.05) is 24.3 Å². The molecule has 1 fully saturated rings. The minimum Gasteiger partial charge on any atom is -0.494 e. The molecule has 3 N–H and O–H groups in total. The standard InChI is InChI=1S/C22H19ClN6O3S/c1-12-15-11-28(10-13-3-2-4-14(9-13)29-7-8-32-22(29)24)21(31)18(15)19(27-26-12)25-20(30)16-5-6-17(23)33-16/h2-6,9,11,24,31H,7-8,10H2,1H3,(H,25,27,30). The molecule has 1 amide bonds. The minimum atomic E-state index is -0.374. The van der Waals surface area contributed by atoms with E-state index in [1.54, 1.807) is 34.7 Å². The number of rotatable bonds is 5. The molecule has 9 nitrogen and oxygen atoms in total. The van der Waals surface area contributed by atoms with Gasteiger partial charge in [0.15, 0.2) is 5.82 Å². The lowest BCUT2D eigenvalue weighted by atomic mass is 10.2. The van der Waals surface area contributed by atoms with Crippen molar-refractivity contribution < 1.29 is 14.6 Å². The Balaban J connectivity index is 1.47. The fourth-order valence-corrected chi connectivity index (χ4v) is 4.71. The Morgan fingerprint density at radius 2 is 2.18 bits per heavy atom. The van der Waals surface area contributed by atoms with Gasteiger partial charge >= 0.3 is 0 Å². The van der Waals surface area contributed by atoms with E-state index in [0.717, 1.165) is 22.6 Å². The van der Waals surface area contributed by atoms with E-state index in [0.29, 0.717) is 45.4 Å². The molecule has 33 heavy (non-hydrogen) atoms. The highest BCUT2D eigenvalue weighted by molar-refractivity contribution is 7.18. The Morgan fingerprint density at radius 3 is 2.91 bits per heavy atom. The van der Waals surface area contributed by atoms with Crippen molar-refractivity contribution in [1.29, 1.82) is 5.41 Å². The zero-order chi connectivity index (χ0) is 23.1. The first-order valence-electron chi connectivity index (χ1n) is 10.1. The van der Waals surface area contributed by atoms with Gasteiger partial charge in [0.2, 0.25) is 5.88 Å². The largest absolute Gasteiger partial charge is 0.494 e. The number of amides is 1. The summed E-state index contributed by atoms with van der Waals surface area (Å²) in [4.78, 5) is 14.8. The van der Waals surface area contributed by atoms with E-state index in [-0.39, 0.29) is 23.6 Å². The number of anilines is 2. The lowest BCUT2D eigenvalue weighted by Crippen LogP contribution is -2.24. The Kier molecular flexibility index (Phi) is 5.39. The van der Waals surface area contributed by atoms with E-state index < -0.39 is 0 Å². The van der Waals surface area contributed by atoms with Gasteiger partial charge < -0.3 is 19.7 Å². The molecule has 3 aromatic heterocycles. The summed E-state index contributed by atoms with van der Waals surface area (Å²) >= 11 is 7.09. The topological polar surface area (TPSA) is 116 Å².